The molecule has 0 amide bonds. The van der Waals surface area contributed by atoms with Gasteiger partial charge < -0.3 is 10.1 Å². The van der Waals surface area contributed by atoms with Crippen molar-refractivity contribution in [3.63, 3.8) is 0 Å². The van der Waals surface area contributed by atoms with Crippen LogP contribution in [-0.4, -0.2) is 37.7 Å². The summed E-state index contributed by atoms with van der Waals surface area (Å²) in [5, 5.41) is 3.51. The number of ether oxygens (including phenoxy) is 1. The normalized spacial score (nSPS) is 24.2. The van der Waals surface area contributed by atoms with Gasteiger partial charge in [-0.3, -0.25) is 4.90 Å². The zero-order chi connectivity index (χ0) is 11.0. The number of hydrogen-bond acceptors (Lipinski definition) is 3. The van der Waals surface area contributed by atoms with Crippen LogP contribution in [0.1, 0.15) is 12.0 Å². The van der Waals surface area contributed by atoms with Crippen molar-refractivity contribution in [1.82, 2.24) is 4.90 Å². The minimum absolute atomic E-state index is 0.689. The van der Waals surface area contributed by atoms with Crippen molar-refractivity contribution in [2.24, 2.45) is 0 Å². The summed E-state index contributed by atoms with van der Waals surface area (Å²) >= 11 is 0. The van der Waals surface area contributed by atoms with E-state index >= 15 is 0 Å². The average Bonchev–Trinajstić information content (AvgIpc) is 2.26. The highest BCUT2D eigenvalue weighted by Crippen LogP contribution is 2.29. The summed E-state index contributed by atoms with van der Waals surface area (Å²) in [6.07, 6.45) is 2.54. The maximum absolute atomic E-state index is 5.24. The van der Waals surface area contributed by atoms with Crippen molar-refractivity contribution in [2.75, 3.05) is 32.1 Å². The van der Waals surface area contributed by atoms with E-state index in [0.717, 1.165) is 12.3 Å². The molecule has 1 aromatic carbocycles. The number of rotatable bonds is 2. The van der Waals surface area contributed by atoms with Gasteiger partial charge in [0.1, 0.15) is 5.75 Å². The van der Waals surface area contributed by atoms with Crippen LogP contribution in [0.15, 0.2) is 18.2 Å². The van der Waals surface area contributed by atoms with Gasteiger partial charge in [0.05, 0.1) is 7.11 Å². The van der Waals surface area contributed by atoms with Crippen LogP contribution in [0, 0.1) is 0 Å². The SMILES string of the molecule is COc1ccc2c(c1)NCC(N1CCC1)C2. The molecule has 2 heterocycles. The molecule has 1 unspecified atom stereocenters. The van der Waals surface area contributed by atoms with Crippen molar-refractivity contribution < 1.29 is 4.74 Å². The smallest absolute Gasteiger partial charge is 0.120 e. The van der Waals surface area contributed by atoms with Gasteiger partial charge in [0.15, 0.2) is 0 Å². The van der Waals surface area contributed by atoms with Gasteiger partial charge in [0.25, 0.3) is 0 Å². The molecular formula is C13H18N2O. The van der Waals surface area contributed by atoms with Crippen LogP contribution in [0.3, 0.4) is 0 Å². The Labute approximate surface area is 96.4 Å². The molecule has 3 nitrogen and oxygen atoms in total. The molecule has 0 radical (unpaired) electrons. The largest absolute Gasteiger partial charge is 0.497 e. The molecule has 1 saturated heterocycles. The first kappa shape index (κ1) is 9.97. The fourth-order valence-corrected chi connectivity index (χ4v) is 2.54. The molecule has 86 valence electrons. The molecular weight excluding hydrogens is 200 g/mol. The molecule has 1 N–H and O–H groups in total. The van der Waals surface area contributed by atoms with Crippen LogP contribution in [0.4, 0.5) is 5.69 Å². The van der Waals surface area contributed by atoms with Gasteiger partial charge in [0.2, 0.25) is 0 Å². The van der Waals surface area contributed by atoms with E-state index in [0.29, 0.717) is 6.04 Å². The molecule has 16 heavy (non-hydrogen) atoms. The Balaban J connectivity index is 1.78. The quantitative estimate of drug-likeness (QED) is 0.818. The maximum Gasteiger partial charge on any atom is 0.120 e. The molecule has 0 spiro atoms. The van der Waals surface area contributed by atoms with Crippen LogP contribution in [0.5, 0.6) is 5.75 Å². The molecule has 3 rings (SSSR count). The Morgan fingerprint density at radius 2 is 2.25 bits per heavy atom. The minimum Gasteiger partial charge on any atom is -0.497 e. The Bertz CT molecular complexity index is 388. The molecule has 1 atom stereocenters. The lowest BCUT2D eigenvalue weighted by Crippen LogP contribution is -2.50. The molecule has 2 aliphatic heterocycles. The lowest BCUT2D eigenvalue weighted by molar-refractivity contribution is 0.122. The highest BCUT2D eigenvalue weighted by Gasteiger charge is 2.27. The van der Waals surface area contributed by atoms with E-state index in [-0.39, 0.29) is 0 Å². The van der Waals surface area contributed by atoms with Crippen LogP contribution < -0.4 is 10.1 Å². The predicted octanol–water partition coefficient (Wildman–Crippen LogP) is 1.74. The lowest BCUT2D eigenvalue weighted by Gasteiger charge is -2.41. The number of benzene rings is 1. The topological polar surface area (TPSA) is 24.5 Å². The van der Waals surface area contributed by atoms with Gasteiger partial charge in [-0.25, -0.2) is 0 Å². The molecule has 0 aliphatic carbocycles. The number of nitrogens with one attached hydrogen (secondary N) is 1. The molecule has 0 aromatic heterocycles. The molecule has 0 saturated carbocycles. The van der Waals surface area contributed by atoms with Crippen molar-refractivity contribution in [1.29, 1.82) is 0 Å². The highest BCUT2D eigenvalue weighted by molar-refractivity contribution is 5.57. The van der Waals surface area contributed by atoms with E-state index in [1.165, 1.54) is 37.2 Å². The highest BCUT2D eigenvalue weighted by atomic mass is 16.5. The van der Waals surface area contributed by atoms with Gasteiger partial charge in [-0.05, 0) is 37.6 Å². The zero-order valence-electron chi connectivity index (χ0n) is 9.70. The Morgan fingerprint density at radius 1 is 1.38 bits per heavy atom. The summed E-state index contributed by atoms with van der Waals surface area (Å²) in [4.78, 5) is 2.57. The number of anilines is 1. The van der Waals surface area contributed by atoms with Gasteiger partial charge in [-0.2, -0.15) is 0 Å². The summed E-state index contributed by atoms with van der Waals surface area (Å²) in [5.41, 5.74) is 2.67. The van der Waals surface area contributed by atoms with Crippen molar-refractivity contribution >= 4 is 5.69 Å². The Morgan fingerprint density at radius 3 is 2.94 bits per heavy atom. The summed E-state index contributed by atoms with van der Waals surface area (Å²) < 4.78 is 5.24. The molecule has 3 heteroatoms. The third kappa shape index (κ3) is 1.65. The first-order chi connectivity index (χ1) is 7.86. The number of fused-ring (bicyclic) bond motifs is 1. The van der Waals surface area contributed by atoms with E-state index in [9.17, 15) is 0 Å². The Hall–Kier alpha value is -1.22. The average molecular weight is 218 g/mol. The number of nitrogens with zero attached hydrogens (tertiary/aromatic N) is 1. The molecule has 2 aliphatic rings. The third-order valence-electron chi connectivity index (χ3n) is 3.71. The zero-order valence-corrected chi connectivity index (χ0v) is 9.70. The van der Waals surface area contributed by atoms with E-state index < -0.39 is 0 Å². The summed E-state index contributed by atoms with van der Waals surface area (Å²) in [5.74, 6) is 0.939. The fraction of sp³-hybridized carbons (Fsp3) is 0.538. The van der Waals surface area contributed by atoms with E-state index in [4.69, 9.17) is 4.74 Å². The van der Waals surface area contributed by atoms with E-state index in [2.05, 4.69) is 28.4 Å². The molecule has 1 aromatic rings. The second kappa shape index (κ2) is 3.98. The first-order valence-corrected chi connectivity index (χ1v) is 6.01. The third-order valence-corrected chi connectivity index (χ3v) is 3.71. The minimum atomic E-state index is 0.689. The Kier molecular flexibility index (Phi) is 2.48. The van der Waals surface area contributed by atoms with Crippen LogP contribution >= 0.6 is 0 Å². The number of likely N-dealkylation sites (tertiary alicyclic amines) is 1. The van der Waals surface area contributed by atoms with Crippen molar-refractivity contribution in [2.45, 2.75) is 18.9 Å². The summed E-state index contributed by atoms with van der Waals surface area (Å²) in [7, 11) is 1.72. The second-order valence-corrected chi connectivity index (χ2v) is 4.65. The van der Waals surface area contributed by atoms with Crippen LogP contribution in [0.2, 0.25) is 0 Å². The summed E-state index contributed by atoms with van der Waals surface area (Å²) in [6, 6.07) is 7.03. The monoisotopic (exact) mass is 218 g/mol. The van der Waals surface area contributed by atoms with Gasteiger partial charge in [0, 0.05) is 24.3 Å². The van der Waals surface area contributed by atoms with Crippen LogP contribution in [-0.2, 0) is 6.42 Å². The van der Waals surface area contributed by atoms with E-state index in [1.807, 2.05) is 0 Å². The first-order valence-electron chi connectivity index (χ1n) is 6.01. The van der Waals surface area contributed by atoms with Crippen molar-refractivity contribution in [3.05, 3.63) is 23.8 Å². The van der Waals surface area contributed by atoms with Gasteiger partial charge in [-0.15, -0.1) is 0 Å². The fourth-order valence-electron chi connectivity index (χ4n) is 2.54. The van der Waals surface area contributed by atoms with Crippen molar-refractivity contribution in [3.8, 4) is 5.75 Å². The molecule has 0 bridgehead atoms. The summed E-state index contributed by atoms with van der Waals surface area (Å²) in [6.45, 7) is 3.62. The molecule has 1 fully saturated rings. The predicted molar refractivity (Wildman–Crippen MR) is 65.2 cm³/mol. The number of hydrogen-bond donors (Lipinski definition) is 1. The lowest BCUT2D eigenvalue weighted by atomic mass is 9.96. The number of methoxy groups -OCH3 is 1. The van der Waals surface area contributed by atoms with Crippen LogP contribution in [0.25, 0.3) is 0 Å². The second-order valence-electron chi connectivity index (χ2n) is 4.65. The standard InChI is InChI=1S/C13H18N2O/c1-16-12-4-3-10-7-11(15-5-2-6-15)9-14-13(10)8-12/h3-4,8,11,14H,2,5-7,9H2,1H3. The van der Waals surface area contributed by atoms with Gasteiger partial charge in [-0.1, -0.05) is 6.07 Å². The van der Waals surface area contributed by atoms with Gasteiger partial charge >= 0.3 is 0 Å². The maximum atomic E-state index is 5.24. The van der Waals surface area contributed by atoms with E-state index in [1.54, 1.807) is 7.11 Å².